The summed E-state index contributed by atoms with van der Waals surface area (Å²) in [5.74, 6) is -0.837. The van der Waals surface area contributed by atoms with Crippen molar-refractivity contribution in [3.8, 4) is 0 Å². The molecule has 100 valence electrons. The molecule has 0 N–H and O–H groups in total. The van der Waals surface area contributed by atoms with E-state index in [2.05, 4.69) is 22.6 Å². The van der Waals surface area contributed by atoms with Gasteiger partial charge in [0.15, 0.2) is 0 Å². The smallest absolute Gasteiger partial charge is 0.348 e. The highest BCUT2D eigenvalue weighted by molar-refractivity contribution is 14.1. The fourth-order valence-corrected chi connectivity index (χ4v) is 1.41. The van der Waals surface area contributed by atoms with E-state index in [4.69, 9.17) is 9.47 Å². The van der Waals surface area contributed by atoms with Gasteiger partial charge in [0.2, 0.25) is 6.10 Å². The summed E-state index contributed by atoms with van der Waals surface area (Å²) in [7, 11) is 0. The summed E-state index contributed by atoms with van der Waals surface area (Å²) in [6, 6.07) is 0. The molecule has 0 heterocycles. The molecule has 0 aromatic carbocycles. The van der Waals surface area contributed by atoms with Gasteiger partial charge in [-0.3, -0.25) is 4.79 Å². The van der Waals surface area contributed by atoms with Crippen molar-refractivity contribution in [3.05, 3.63) is 0 Å². The first kappa shape index (κ1) is 16.7. The molecule has 0 bridgehead atoms. The van der Waals surface area contributed by atoms with Crippen LogP contribution >= 0.6 is 22.6 Å². The van der Waals surface area contributed by atoms with Crippen LogP contribution in [-0.2, 0) is 19.1 Å². The number of esters is 2. The topological polar surface area (TPSA) is 52.6 Å². The molecule has 4 nitrogen and oxygen atoms in total. The van der Waals surface area contributed by atoms with Gasteiger partial charge in [0, 0.05) is 0 Å². The molecule has 0 radical (unpaired) electrons. The van der Waals surface area contributed by atoms with Crippen molar-refractivity contribution in [2.75, 3.05) is 6.61 Å². The average molecular weight is 356 g/mol. The summed E-state index contributed by atoms with van der Waals surface area (Å²) in [4.78, 5) is 23.5. The van der Waals surface area contributed by atoms with Crippen LogP contribution < -0.4 is 0 Å². The fraction of sp³-hybridized carbons (Fsp3) is 0.833. The van der Waals surface area contributed by atoms with Crippen LogP contribution in [0.5, 0.6) is 0 Å². The standard InChI is InChI=1S/C12H21IO4/c1-6-12(4,5)11(15)17-9(8(3)13)10(14)16-7-2/h8-9H,6-7H2,1-5H3. The average Bonchev–Trinajstić information content (AvgIpc) is 2.25. The molecule has 2 atom stereocenters. The second kappa shape index (κ2) is 7.18. The Hall–Kier alpha value is -0.330. The molecule has 0 rings (SSSR count). The van der Waals surface area contributed by atoms with Crippen LogP contribution in [0, 0.1) is 5.41 Å². The molecule has 0 aromatic heterocycles. The fourth-order valence-electron chi connectivity index (χ4n) is 0.973. The Morgan fingerprint density at radius 3 is 2.18 bits per heavy atom. The number of alkyl halides is 1. The summed E-state index contributed by atoms with van der Waals surface area (Å²) >= 11 is 2.05. The van der Waals surface area contributed by atoms with Crippen LogP contribution in [0.2, 0.25) is 0 Å². The zero-order chi connectivity index (χ0) is 13.6. The molecule has 0 aromatic rings. The first-order valence-electron chi connectivity index (χ1n) is 5.78. The monoisotopic (exact) mass is 356 g/mol. The van der Waals surface area contributed by atoms with Crippen molar-refractivity contribution < 1.29 is 19.1 Å². The van der Waals surface area contributed by atoms with Crippen molar-refractivity contribution in [3.63, 3.8) is 0 Å². The summed E-state index contributed by atoms with van der Waals surface area (Å²) in [5.41, 5.74) is -0.573. The van der Waals surface area contributed by atoms with E-state index >= 15 is 0 Å². The molecule has 0 aliphatic carbocycles. The molecular formula is C12H21IO4. The predicted octanol–water partition coefficient (Wildman–Crippen LogP) is 2.72. The normalized spacial score (nSPS) is 14.9. The largest absolute Gasteiger partial charge is 0.463 e. The van der Waals surface area contributed by atoms with Gasteiger partial charge in [0.05, 0.1) is 15.9 Å². The van der Waals surface area contributed by atoms with Crippen molar-refractivity contribution in [1.29, 1.82) is 0 Å². The maximum atomic E-state index is 11.9. The zero-order valence-electron chi connectivity index (χ0n) is 11.1. The molecule has 0 spiro atoms. The van der Waals surface area contributed by atoms with Crippen LogP contribution in [0.3, 0.4) is 0 Å². The molecule has 0 aliphatic rings. The highest BCUT2D eigenvalue weighted by Gasteiger charge is 2.34. The van der Waals surface area contributed by atoms with Crippen LogP contribution in [0.25, 0.3) is 0 Å². The third-order valence-corrected chi connectivity index (χ3v) is 3.26. The van der Waals surface area contributed by atoms with Gasteiger partial charge in [-0.05, 0) is 34.1 Å². The SMILES string of the molecule is CCOC(=O)C(OC(=O)C(C)(C)CC)C(C)I. The number of ether oxygens (including phenoxy) is 2. The molecule has 0 fully saturated rings. The van der Waals surface area contributed by atoms with Crippen molar-refractivity contribution in [1.82, 2.24) is 0 Å². The number of hydrogen-bond acceptors (Lipinski definition) is 4. The maximum absolute atomic E-state index is 11.9. The number of carbonyl (C=O) groups excluding carboxylic acids is 2. The van der Waals surface area contributed by atoms with E-state index in [0.29, 0.717) is 6.42 Å². The van der Waals surface area contributed by atoms with Gasteiger partial charge in [-0.1, -0.05) is 29.5 Å². The summed E-state index contributed by atoms with van der Waals surface area (Å²) in [6.45, 7) is 9.34. The second-order valence-electron chi connectivity index (χ2n) is 4.49. The first-order valence-corrected chi connectivity index (χ1v) is 7.02. The van der Waals surface area contributed by atoms with E-state index in [1.807, 2.05) is 13.8 Å². The molecule has 0 saturated carbocycles. The van der Waals surface area contributed by atoms with Crippen molar-refractivity contribution >= 4 is 34.5 Å². The lowest BCUT2D eigenvalue weighted by atomic mass is 9.90. The Bertz CT molecular complexity index is 274. The number of hydrogen-bond donors (Lipinski definition) is 0. The lowest BCUT2D eigenvalue weighted by Gasteiger charge is -2.25. The number of rotatable bonds is 6. The lowest BCUT2D eigenvalue weighted by Crippen LogP contribution is -2.39. The van der Waals surface area contributed by atoms with Crippen molar-refractivity contribution in [2.24, 2.45) is 5.41 Å². The second-order valence-corrected chi connectivity index (χ2v) is 6.46. The molecule has 17 heavy (non-hydrogen) atoms. The van der Waals surface area contributed by atoms with Crippen LogP contribution in [0.1, 0.15) is 41.0 Å². The Kier molecular flexibility index (Phi) is 7.04. The van der Waals surface area contributed by atoms with Gasteiger partial charge in [0.25, 0.3) is 0 Å². The Morgan fingerprint density at radius 2 is 1.82 bits per heavy atom. The Labute approximate surface area is 117 Å². The van der Waals surface area contributed by atoms with Crippen LogP contribution in [0.4, 0.5) is 0 Å². The van der Waals surface area contributed by atoms with E-state index in [1.54, 1.807) is 20.8 Å². The van der Waals surface area contributed by atoms with Gasteiger partial charge < -0.3 is 9.47 Å². The third-order valence-electron chi connectivity index (χ3n) is 2.61. The van der Waals surface area contributed by atoms with E-state index in [1.165, 1.54) is 0 Å². The minimum Gasteiger partial charge on any atom is -0.463 e. The van der Waals surface area contributed by atoms with Gasteiger partial charge in [-0.25, -0.2) is 4.79 Å². The van der Waals surface area contributed by atoms with Crippen molar-refractivity contribution in [2.45, 2.75) is 51.1 Å². The predicted molar refractivity (Wildman–Crippen MR) is 74.1 cm³/mol. The third kappa shape index (κ3) is 5.23. The van der Waals surface area contributed by atoms with Gasteiger partial charge >= 0.3 is 11.9 Å². The van der Waals surface area contributed by atoms with E-state index in [0.717, 1.165) is 0 Å². The maximum Gasteiger partial charge on any atom is 0.348 e. The number of carbonyl (C=O) groups is 2. The highest BCUT2D eigenvalue weighted by Crippen LogP contribution is 2.24. The van der Waals surface area contributed by atoms with E-state index in [9.17, 15) is 9.59 Å². The highest BCUT2D eigenvalue weighted by atomic mass is 127. The van der Waals surface area contributed by atoms with Gasteiger partial charge in [-0.15, -0.1) is 0 Å². The minimum absolute atomic E-state index is 0.122. The molecule has 0 saturated heterocycles. The summed E-state index contributed by atoms with van der Waals surface area (Å²) in [6.07, 6.45) is -0.161. The van der Waals surface area contributed by atoms with Crippen LogP contribution in [-0.4, -0.2) is 28.6 Å². The zero-order valence-corrected chi connectivity index (χ0v) is 13.2. The lowest BCUT2D eigenvalue weighted by molar-refractivity contribution is -0.173. The number of halogens is 1. The molecule has 0 aliphatic heterocycles. The molecule has 0 amide bonds. The van der Waals surface area contributed by atoms with Gasteiger partial charge in [0.1, 0.15) is 0 Å². The van der Waals surface area contributed by atoms with Crippen LogP contribution in [0.15, 0.2) is 0 Å². The minimum atomic E-state index is -0.825. The summed E-state index contributed by atoms with van der Waals surface area (Å²) in [5, 5.41) is 0. The summed E-state index contributed by atoms with van der Waals surface area (Å²) < 4.78 is 10.0. The first-order chi connectivity index (χ1) is 7.76. The van der Waals surface area contributed by atoms with Gasteiger partial charge in [-0.2, -0.15) is 0 Å². The van der Waals surface area contributed by atoms with E-state index < -0.39 is 17.5 Å². The molecular weight excluding hydrogens is 335 g/mol. The molecule has 5 heteroatoms. The Balaban J connectivity index is 4.67. The quantitative estimate of drug-likeness (QED) is 0.417. The van der Waals surface area contributed by atoms with E-state index in [-0.39, 0.29) is 16.5 Å². The Morgan fingerprint density at radius 1 is 1.29 bits per heavy atom. The molecule has 2 unspecified atom stereocenters.